The normalized spacial score (nSPS) is 11.0. The van der Waals surface area contributed by atoms with Gasteiger partial charge >= 0.3 is 18.0 Å². The van der Waals surface area contributed by atoms with Crippen molar-refractivity contribution in [3.8, 4) is 11.6 Å². The lowest BCUT2D eigenvalue weighted by atomic mass is 10.2. The highest BCUT2D eigenvalue weighted by atomic mass is 19.4. The second-order valence-electron chi connectivity index (χ2n) is 3.74. The summed E-state index contributed by atoms with van der Waals surface area (Å²) in [6.45, 7) is 1.51. The van der Waals surface area contributed by atoms with Gasteiger partial charge in [0, 0.05) is 0 Å². The topological polar surface area (TPSA) is 101 Å². The molecular weight excluding hydrogens is 313 g/mol. The van der Waals surface area contributed by atoms with Gasteiger partial charge in [-0.2, -0.15) is 0 Å². The quantitative estimate of drug-likeness (QED) is 0.448. The highest BCUT2D eigenvalue weighted by molar-refractivity contribution is 5.74. The molecule has 0 fully saturated rings. The molecule has 0 spiro atoms. The number of pyridine rings is 1. The summed E-state index contributed by atoms with van der Waals surface area (Å²) in [5.41, 5.74) is -1.63. The maximum absolute atomic E-state index is 12.3. The molecule has 0 N–H and O–H groups in total. The van der Waals surface area contributed by atoms with E-state index in [2.05, 4.69) is 19.2 Å². The molecule has 11 heteroatoms. The summed E-state index contributed by atoms with van der Waals surface area (Å²) < 4.78 is 49.9. The first kappa shape index (κ1) is 17.5. The number of rotatable bonds is 6. The van der Waals surface area contributed by atoms with E-state index in [0.717, 1.165) is 7.11 Å². The van der Waals surface area contributed by atoms with Crippen LogP contribution in [-0.4, -0.2) is 36.0 Å². The van der Waals surface area contributed by atoms with Gasteiger partial charge in [-0.3, -0.25) is 14.9 Å². The molecule has 1 aromatic rings. The zero-order valence-corrected chi connectivity index (χ0v) is 11.5. The molecule has 0 saturated carbocycles. The molecule has 0 aromatic carbocycles. The monoisotopic (exact) mass is 324 g/mol. The minimum absolute atomic E-state index is 0.00249. The van der Waals surface area contributed by atoms with Gasteiger partial charge in [0.05, 0.1) is 31.1 Å². The molecule has 0 radical (unpaired) electrons. The molecule has 0 aliphatic heterocycles. The maximum atomic E-state index is 12.3. The average Bonchev–Trinajstić information content (AvgIpc) is 2.35. The van der Waals surface area contributed by atoms with Gasteiger partial charge in [0.1, 0.15) is 5.69 Å². The minimum Gasteiger partial charge on any atom is -0.481 e. The van der Waals surface area contributed by atoms with Gasteiger partial charge in [0.15, 0.2) is 0 Å². The van der Waals surface area contributed by atoms with Gasteiger partial charge in [-0.1, -0.05) is 0 Å². The summed E-state index contributed by atoms with van der Waals surface area (Å²) in [7, 11) is 1.10. The van der Waals surface area contributed by atoms with Crippen LogP contribution in [0.25, 0.3) is 0 Å². The summed E-state index contributed by atoms with van der Waals surface area (Å²) in [4.78, 5) is 24.9. The van der Waals surface area contributed by atoms with Crippen LogP contribution in [0.1, 0.15) is 12.6 Å². The van der Waals surface area contributed by atoms with Crippen molar-refractivity contribution in [2.45, 2.75) is 19.7 Å². The lowest BCUT2D eigenvalue weighted by Crippen LogP contribution is -2.19. The number of halogens is 3. The van der Waals surface area contributed by atoms with Crippen molar-refractivity contribution in [2.24, 2.45) is 0 Å². The summed E-state index contributed by atoms with van der Waals surface area (Å²) in [6, 6.07) is 0.611. The standard InChI is InChI=1S/C11H11F3N2O6/c1-3-21-9(17)4-6-10(16(18)19)7(22-11(12,13)14)5-8(15-6)20-2/h5H,3-4H2,1-2H3. The number of aromatic nitrogens is 1. The third-order valence-corrected chi connectivity index (χ3v) is 2.24. The number of nitrogens with zero attached hydrogens (tertiary/aromatic N) is 2. The van der Waals surface area contributed by atoms with Crippen molar-refractivity contribution in [1.82, 2.24) is 4.98 Å². The Labute approximate surface area is 121 Å². The number of alkyl halides is 3. The lowest BCUT2D eigenvalue weighted by molar-refractivity contribution is -0.389. The number of carbonyl (C=O) groups excluding carboxylic acids is 1. The average molecular weight is 324 g/mol. The van der Waals surface area contributed by atoms with E-state index < -0.39 is 40.8 Å². The van der Waals surface area contributed by atoms with E-state index in [1.807, 2.05) is 0 Å². The summed E-state index contributed by atoms with van der Waals surface area (Å²) in [5.74, 6) is -2.38. The number of nitro groups is 1. The Bertz CT molecular complexity index is 576. The van der Waals surface area contributed by atoms with Crippen LogP contribution in [0.3, 0.4) is 0 Å². The number of hydrogen-bond acceptors (Lipinski definition) is 7. The largest absolute Gasteiger partial charge is 0.573 e. The van der Waals surface area contributed by atoms with Crippen LogP contribution < -0.4 is 9.47 Å². The van der Waals surface area contributed by atoms with Crippen LogP contribution in [0.2, 0.25) is 0 Å². The predicted octanol–water partition coefficient (Wildman–Crippen LogP) is 2.00. The van der Waals surface area contributed by atoms with Gasteiger partial charge < -0.3 is 14.2 Å². The van der Waals surface area contributed by atoms with Crippen molar-refractivity contribution in [3.63, 3.8) is 0 Å². The van der Waals surface area contributed by atoms with Crippen molar-refractivity contribution in [1.29, 1.82) is 0 Å². The molecular formula is C11H11F3N2O6. The predicted molar refractivity (Wildman–Crippen MR) is 64.5 cm³/mol. The van der Waals surface area contributed by atoms with Crippen molar-refractivity contribution in [3.05, 3.63) is 21.9 Å². The van der Waals surface area contributed by atoms with E-state index in [1.54, 1.807) is 0 Å². The molecule has 0 aliphatic rings. The van der Waals surface area contributed by atoms with Gasteiger partial charge in [0.25, 0.3) is 0 Å². The van der Waals surface area contributed by atoms with Crippen LogP contribution in [0.15, 0.2) is 6.07 Å². The third kappa shape index (κ3) is 4.75. The first-order valence-corrected chi connectivity index (χ1v) is 5.81. The molecule has 1 rings (SSSR count). The number of esters is 1. The number of ether oxygens (including phenoxy) is 3. The molecule has 0 saturated heterocycles. The highest BCUT2D eigenvalue weighted by Gasteiger charge is 2.37. The van der Waals surface area contributed by atoms with E-state index in [0.29, 0.717) is 6.07 Å². The fourth-order valence-corrected chi connectivity index (χ4v) is 1.52. The fraction of sp³-hybridized carbons (Fsp3) is 0.455. The minimum atomic E-state index is -5.15. The van der Waals surface area contributed by atoms with Gasteiger partial charge in [0.2, 0.25) is 11.6 Å². The van der Waals surface area contributed by atoms with Gasteiger partial charge in [-0.25, -0.2) is 4.98 Å². The van der Waals surface area contributed by atoms with Crippen LogP contribution in [-0.2, 0) is 16.0 Å². The number of methoxy groups -OCH3 is 1. The maximum Gasteiger partial charge on any atom is 0.573 e. The summed E-state index contributed by atoms with van der Waals surface area (Å²) >= 11 is 0. The van der Waals surface area contributed by atoms with Crippen LogP contribution in [0, 0.1) is 10.1 Å². The number of hydrogen-bond donors (Lipinski definition) is 0. The molecule has 0 atom stereocenters. The van der Waals surface area contributed by atoms with Crippen molar-refractivity contribution in [2.75, 3.05) is 13.7 Å². The second kappa shape index (κ2) is 6.91. The van der Waals surface area contributed by atoms with E-state index in [4.69, 9.17) is 0 Å². The molecule has 0 amide bonds. The Morgan fingerprint density at radius 1 is 1.45 bits per heavy atom. The Hall–Kier alpha value is -2.59. The van der Waals surface area contributed by atoms with Crippen molar-refractivity contribution < 1.29 is 37.1 Å². The number of carbonyl (C=O) groups is 1. The SMILES string of the molecule is CCOC(=O)Cc1nc(OC)cc(OC(F)(F)F)c1[N+](=O)[O-]. The zero-order chi connectivity index (χ0) is 16.9. The zero-order valence-electron chi connectivity index (χ0n) is 11.5. The smallest absolute Gasteiger partial charge is 0.481 e. The lowest BCUT2D eigenvalue weighted by Gasteiger charge is -2.12. The van der Waals surface area contributed by atoms with Crippen LogP contribution in [0.4, 0.5) is 18.9 Å². The first-order chi connectivity index (χ1) is 10.2. The second-order valence-corrected chi connectivity index (χ2v) is 3.74. The van der Waals surface area contributed by atoms with Crippen molar-refractivity contribution >= 4 is 11.7 Å². The molecule has 22 heavy (non-hydrogen) atoms. The van der Waals surface area contributed by atoms with E-state index >= 15 is 0 Å². The Kier molecular flexibility index (Phi) is 5.49. The van der Waals surface area contributed by atoms with Gasteiger partial charge in [-0.15, -0.1) is 13.2 Å². The molecule has 1 aromatic heterocycles. The third-order valence-electron chi connectivity index (χ3n) is 2.24. The Balaban J connectivity index is 3.36. The van der Waals surface area contributed by atoms with Crippen LogP contribution >= 0.6 is 0 Å². The molecule has 0 aliphatic carbocycles. The van der Waals surface area contributed by atoms with E-state index in [1.165, 1.54) is 6.92 Å². The van der Waals surface area contributed by atoms with E-state index in [-0.39, 0.29) is 12.5 Å². The Morgan fingerprint density at radius 2 is 2.09 bits per heavy atom. The summed E-state index contributed by atoms with van der Waals surface area (Å²) in [6.07, 6.45) is -5.85. The first-order valence-electron chi connectivity index (χ1n) is 5.81. The molecule has 0 bridgehead atoms. The van der Waals surface area contributed by atoms with Crippen LogP contribution in [0.5, 0.6) is 11.6 Å². The highest BCUT2D eigenvalue weighted by Crippen LogP contribution is 2.36. The fourth-order valence-electron chi connectivity index (χ4n) is 1.52. The molecule has 122 valence electrons. The molecule has 8 nitrogen and oxygen atoms in total. The summed E-state index contributed by atoms with van der Waals surface area (Å²) in [5, 5.41) is 11.0. The Morgan fingerprint density at radius 3 is 2.55 bits per heavy atom. The molecule has 1 heterocycles. The molecule has 0 unspecified atom stereocenters. The van der Waals surface area contributed by atoms with E-state index in [9.17, 15) is 28.1 Å². The van der Waals surface area contributed by atoms with Gasteiger partial charge in [-0.05, 0) is 6.92 Å².